The van der Waals surface area contributed by atoms with Gasteiger partial charge in [0.25, 0.3) is 0 Å². The number of hydrogen-bond acceptors (Lipinski definition) is 11. The fourth-order valence-corrected chi connectivity index (χ4v) is 4.88. The van der Waals surface area contributed by atoms with E-state index in [2.05, 4.69) is 5.10 Å². The zero-order valence-electron chi connectivity index (χ0n) is 21.8. The molecule has 204 valence electrons. The molecule has 1 aliphatic carbocycles. The second-order valence-electron chi connectivity index (χ2n) is 9.08. The molecule has 5 atom stereocenters. The number of fused-ring (bicyclic) bond motifs is 3. The lowest BCUT2D eigenvalue weighted by molar-refractivity contribution is -0.270. The van der Waals surface area contributed by atoms with Crippen molar-refractivity contribution in [1.29, 1.82) is 0 Å². The van der Waals surface area contributed by atoms with E-state index in [4.69, 9.17) is 28.4 Å². The summed E-state index contributed by atoms with van der Waals surface area (Å²) >= 11 is 0. The first-order chi connectivity index (χ1) is 18.1. The smallest absolute Gasteiger partial charge is 0.303 e. The second kappa shape index (κ2) is 11.2. The van der Waals surface area contributed by atoms with Crippen molar-refractivity contribution in [3.05, 3.63) is 35.5 Å². The van der Waals surface area contributed by atoms with Gasteiger partial charge in [0, 0.05) is 33.3 Å². The molecule has 1 saturated heterocycles. The number of aryl methyl sites for hydroxylation is 2. The third-order valence-electron chi connectivity index (χ3n) is 6.31. The monoisotopic (exact) mass is 530 g/mol. The van der Waals surface area contributed by atoms with Gasteiger partial charge >= 0.3 is 23.9 Å². The number of aromatic nitrogens is 2. The Morgan fingerprint density at radius 1 is 0.895 bits per heavy atom. The number of ether oxygens (including phenoxy) is 6. The van der Waals surface area contributed by atoms with Crippen LogP contribution in [0.1, 0.15) is 45.0 Å². The number of methoxy groups -OCH3 is 1. The summed E-state index contributed by atoms with van der Waals surface area (Å²) in [5.41, 5.74) is 3.59. The highest BCUT2D eigenvalue weighted by Gasteiger charge is 2.53. The molecule has 1 aromatic carbocycles. The lowest BCUT2D eigenvalue weighted by atomic mass is 9.89. The van der Waals surface area contributed by atoms with Crippen molar-refractivity contribution in [2.45, 2.75) is 71.2 Å². The van der Waals surface area contributed by atoms with Crippen LogP contribution in [0.4, 0.5) is 0 Å². The number of carbonyl (C=O) groups is 4. The van der Waals surface area contributed by atoms with E-state index in [-0.39, 0.29) is 6.61 Å². The molecule has 0 unspecified atom stereocenters. The summed E-state index contributed by atoms with van der Waals surface area (Å²) in [5.74, 6) is -1.94. The van der Waals surface area contributed by atoms with E-state index in [1.54, 1.807) is 18.0 Å². The molecule has 12 nitrogen and oxygen atoms in total. The first-order valence-corrected chi connectivity index (χ1v) is 12.1. The molecule has 0 amide bonds. The van der Waals surface area contributed by atoms with Crippen LogP contribution in [0, 0.1) is 0 Å². The highest BCUT2D eigenvalue weighted by molar-refractivity contribution is 5.71. The zero-order valence-corrected chi connectivity index (χ0v) is 21.8. The molecule has 2 aromatic rings. The van der Waals surface area contributed by atoms with Crippen molar-refractivity contribution < 1.29 is 47.6 Å². The summed E-state index contributed by atoms with van der Waals surface area (Å²) in [5, 5.41) is 4.56. The summed E-state index contributed by atoms with van der Waals surface area (Å²) in [6.45, 7) is 4.47. The number of benzene rings is 1. The molecule has 1 aliphatic heterocycles. The maximum atomic E-state index is 12.2. The number of nitrogens with zero attached hydrogens (tertiary/aromatic N) is 2. The van der Waals surface area contributed by atoms with Crippen molar-refractivity contribution >= 4 is 23.9 Å². The van der Waals surface area contributed by atoms with Crippen LogP contribution in [0.25, 0.3) is 11.3 Å². The number of carbonyl (C=O) groups excluding carboxylic acids is 4. The zero-order chi connectivity index (χ0) is 27.6. The first kappa shape index (κ1) is 27.1. The lowest BCUT2D eigenvalue weighted by Crippen LogP contribution is -2.60. The van der Waals surface area contributed by atoms with Gasteiger partial charge < -0.3 is 28.4 Å². The molecule has 38 heavy (non-hydrogen) atoms. The number of esters is 4. The fraction of sp³-hybridized carbons (Fsp3) is 0.500. The summed E-state index contributed by atoms with van der Waals surface area (Å²) in [4.78, 5) is 47.9. The minimum absolute atomic E-state index is 0.314. The molecule has 0 radical (unpaired) electrons. The largest absolute Gasteiger partial charge is 0.497 e. The van der Waals surface area contributed by atoms with Gasteiger partial charge in [0.1, 0.15) is 18.5 Å². The van der Waals surface area contributed by atoms with E-state index < -0.39 is 54.5 Å². The van der Waals surface area contributed by atoms with Crippen LogP contribution in [-0.4, -0.2) is 71.8 Å². The normalized spacial score (nSPS) is 23.9. The van der Waals surface area contributed by atoms with E-state index in [1.807, 2.05) is 18.2 Å². The SMILES string of the molecule is COc1ccc2c(c1)CCc1cnn([C@@H]3O[C@H](COC(C)=O)[C@@H](OC(C)=O)[C@H](OC(C)=O)[C@H]3OC(C)=O)c1-2. The van der Waals surface area contributed by atoms with Gasteiger partial charge in [0.2, 0.25) is 0 Å². The summed E-state index contributed by atoms with van der Waals surface area (Å²) in [6.07, 6.45) is -2.78. The molecular weight excluding hydrogens is 500 g/mol. The summed E-state index contributed by atoms with van der Waals surface area (Å²) in [7, 11) is 1.59. The maximum Gasteiger partial charge on any atom is 0.303 e. The quantitative estimate of drug-likeness (QED) is 0.383. The summed E-state index contributed by atoms with van der Waals surface area (Å²) < 4.78 is 35.0. The highest BCUT2D eigenvalue weighted by atomic mass is 16.7. The Balaban J connectivity index is 1.84. The van der Waals surface area contributed by atoms with E-state index >= 15 is 0 Å². The van der Waals surface area contributed by atoms with E-state index in [9.17, 15) is 19.2 Å². The first-order valence-electron chi connectivity index (χ1n) is 12.1. The lowest BCUT2D eigenvalue weighted by Gasteiger charge is -2.44. The van der Waals surface area contributed by atoms with Crippen molar-refractivity contribution in [2.75, 3.05) is 13.7 Å². The Morgan fingerprint density at radius 3 is 2.16 bits per heavy atom. The molecule has 0 saturated carbocycles. The van der Waals surface area contributed by atoms with Gasteiger partial charge in [-0.3, -0.25) is 19.2 Å². The predicted molar refractivity (Wildman–Crippen MR) is 129 cm³/mol. The molecule has 1 aromatic heterocycles. The van der Waals surface area contributed by atoms with E-state index in [0.717, 1.165) is 28.8 Å². The Morgan fingerprint density at radius 2 is 1.53 bits per heavy atom. The van der Waals surface area contributed by atoms with Crippen LogP contribution in [-0.2, 0) is 55.7 Å². The van der Waals surface area contributed by atoms with Crippen LogP contribution >= 0.6 is 0 Å². The van der Waals surface area contributed by atoms with Crippen molar-refractivity contribution in [3.8, 4) is 17.0 Å². The molecule has 0 bridgehead atoms. The second-order valence-corrected chi connectivity index (χ2v) is 9.08. The third-order valence-corrected chi connectivity index (χ3v) is 6.31. The molecule has 1 fully saturated rings. The standard InChI is InChI=1S/C26H30N2O10/c1-13(29)34-12-21-23(35-14(2)30)24(36-15(3)31)25(37-16(4)32)26(38-21)28-22-18(11-27-28)7-6-17-10-19(33-5)8-9-20(17)22/h8-11,21,23-26H,6-7,12H2,1-5H3/t21-,23-,24+,25-,26-/m1/s1. The molecule has 2 aliphatic rings. The van der Waals surface area contributed by atoms with Gasteiger partial charge in [0.15, 0.2) is 24.5 Å². The fourth-order valence-electron chi connectivity index (χ4n) is 4.88. The number of rotatable bonds is 7. The van der Waals surface area contributed by atoms with Crippen LogP contribution in [0.15, 0.2) is 24.4 Å². The van der Waals surface area contributed by atoms with Crippen molar-refractivity contribution in [2.24, 2.45) is 0 Å². The van der Waals surface area contributed by atoms with Gasteiger partial charge in [-0.25, -0.2) is 4.68 Å². The Hall–Kier alpha value is -3.93. The van der Waals surface area contributed by atoms with Crippen molar-refractivity contribution in [1.82, 2.24) is 9.78 Å². The minimum Gasteiger partial charge on any atom is -0.497 e. The average molecular weight is 531 g/mol. The molecule has 0 N–H and O–H groups in total. The topological polar surface area (TPSA) is 141 Å². The van der Waals surface area contributed by atoms with Crippen molar-refractivity contribution in [3.63, 3.8) is 0 Å². The molecule has 2 heterocycles. The van der Waals surface area contributed by atoms with Gasteiger partial charge in [-0.15, -0.1) is 0 Å². The van der Waals surface area contributed by atoms with Gasteiger partial charge in [-0.1, -0.05) is 0 Å². The van der Waals surface area contributed by atoms with E-state index in [0.29, 0.717) is 12.2 Å². The number of hydrogen-bond donors (Lipinski definition) is 0. The Labute approximate surface area is 219 Å². The molecular formula is C26H30N2O10. The molecule has 12 heteroatoms. The van der Waals surface area contributed by atoms with Gasteiger partial charge in [0.05, 0.1) is 19.0 Å². The van der Waals surface area contributed by atoms with Crippen LogP contribution in [0.5, 0.6) is 5.75 Å². The Kier molecular flexibility index (Phi) is 8.00. The van der Waals surface area contributed by atoms with Crippen LogP contribution < -0.4 is 4.74 Å². The van der Waals surface area contributed by atoms with Gasteiger partial charge in [-0.2, -0.15) is 5.10 Å². The molecule has 4 rings (SSSR count). The maximum absolute atomic E-state index is 12.2. The van der Waals surface area contributed by atoms with Crippen LogP contribution in [0.2, 0.25) is 0 Å². The predicted octanol–water partition coefficient (Wildman–Crippen LogP) is 1.91. The van der Waals surface area contributed by atoms with Crippen LogP contribution in [0.3, 0.4) is 0 Å². The minimum atomic E-state index is -1.28. The highest BCUT2D eigenvalue weighted by Crippen LogP contribution is 2.41. The van der Waals surface area contributed by atoms with Gasteiger partial charge in [-0.05, 0) is 42.2 Å². The summed E-state index contributed by atoms with van der Waals surface area (Å²) in [6, 6.07) is 5.69. The average Bonchev–Trinajstić information content (AvgIpc) is 3.28. The third kappa shape index (κ3) is 5.64. The van der Waals surface area contributed by atoms with E-state index in [1.165, 1.54) is 27.7 Å². The molecule has 0 spiro atoms. The Bertz CT molecular complexity index is 1240.